The highest BCUT2D eigenvalue weighted by Crippen LogP contribution is 2.34. The van der Waals surface area contributed by atoms with Crippen LogP contribution in [0.25, 0.3) is 11.3 Å². The third kappa shape index (κ3) is 10.6. The molecule has 0 saturated heterocycles. The monoisotopic (exact) mass is 720 g/mol. The molecule has 0 unspecified atom stereocenters. The molecule has 248 valence electrons. The molecule has 47 heavy (non-hydrogen) atoms. The number of hydrogen-bond donors (Lipinski definition) is 2. The number of thiazole rings is 1. The molecule has 0 aliphatic rings. The number of rotatable bonds is 9. The van der Waals surface area contributed by atoms with Crippen molar-refractivity contribution in [1.29, 1.82) is 0 Å². The number of methoxy groups -OCH3 is 2. The van der Waals surface area contributed by atoms with Crippen LogP contribution in [0.2, 0.25) is 0 Å². The van der Waals surface area contributed by atoms with E-state index in [9.17, 15) is 4.79 Å². The summed E-state index contributed by atoms with van der Waals surface area (Å²) in [5.74, 6) is 4.71. The van der Waals surface area contributed by atoms with Gasteiger partial charge in [0.25, 0.3) is 0 Å². The van der Waals surface area contributed by atoms with Gasteiger partial charge in [0.15, 0.2) is 10.9 Å². The van der Waals surface area contributed by atoms with E-state index in [1.165, 1.54) is 11.3 Å². The predicted molar refractivity (Wildman–Crippen MR) is 194 cm³/mol. The van der Waals surface area contributed by atoms with Crippen LogP contribution in [0.5, 0.6) is 34.5 Å². The number of hydrogen-bond acceptors (Lipinski definition) is 9. The van der Waals surface area contributed by atoms with E-state index in [0.717, 1.165) is 73.6 Å². The second-order valence-electron chi connectivity index (χ2n) is 10.4. The number of carbonyl (C=O) groups is 1. The number of aliphatic hydroxyl groups excluding tert-OH is 1. The molecule has 10 heteroatoms. The summed E-state index contributed by atoms with van der Waals surface area (Å²) in [5.41, 5.74) is 12.6. The average Bonchev–Trinajstić information content (AvgIpc) is 3.47. The number of aryl methyl sites for hydroxylation is 4. The Balaban J connectivity index is 0.000000237. The van der Waals surface area contributed by atoms with Crippen LogP contribution in [0.1, 0.15) is 39.5 Å². The van der Waals surface area contributed by atoms with Crippen LogP contribution < -0.4 is 24.7 Å². The number of nitrogens with zero attached hydrogens (tertiary/aromatic N) is 1. The third-order valence-corrected chi connectivity index (χ3v) is 7.96. The predicted octanol–water partition coefficient (Wildman–Crippen LogP) is 9.49. The van der Waals surface area contributed by atoms with Gasteiger partial charge in [0.1, 0.15) is 34.5 Å². The van der Waals surface area contributed by atoms with Crippen molar-refractivity contribution in [2.75, 3.05) is 31.9 Å². The van der Waals surface area contributed by atoms with Crippen molar-refractivity contribution in [3.63, 3.8) is 0 Å². The number of ketones is 1. The molecular weight excluding hydrogens is 680 g/mol. The van der Waals surface area contributed by atoms with Crippen molar-refractivity contribution in [3.05, 3.63) is 106 Å². The topological polar surface area (TPSA) is 113 Å². The molecule has 0 aliphatic heterocycles. The SMILES string of the molecule is CCO.COc1ccc(Oc2cc(C)c(-c3csc(N)n3)c(C)c2)cc1.COc1ccc(Oc2cc(C)c(C(=O)CBr)c(C)c2)cc1. The molecule has 0 bridgehead atoms. The first-order chi connectivity index (χ1) is 22.5. The fourth-order valence-corrected chi connectivity index (χ4v) is 5.67. The minimum atomic E-state index is 0.0843. The van der Waals surface area contributed by atoms with Crippen LogP contribution >= 0.6 is 27.3 Å². The van der Waals surface area contributed by atoms with Crippen LogP contribution in [0.3, 0.4) is 0 Å². The first-order valence-electron chi connectivity index (χ1n) is 14.8. The Labute approximate surface area is 289 Å². The number of nitrogens with two attached hydrogens (primary N) is 1. The first kappa shape index (κ1) is 37.1. The number of aliphatic hydroxyl groups is 1. The number of ether oxygens (including phenoxy) is 4. The number of Topliss-reactive ketones (excluding diaryl/α,β-unsaturated/α-hetero) is 1. The Bertz CT molecular complexity index is 1710. The summed E-state index contributed by atoms with van der Waals surface area (Å²) in [5, 5.41) is 10.5. The maximum Gasteiger partial charge on any atom is 0.180 e. The highest BCUT2D eigenvalue weighted by Gasteiger charge is 2.14. The summed E-state index contributed by atoms with van der Waals surface area (Å²) in [6, 6.07) is 22.7. The summed E-state index contributed by atoms with van der Waals surface area (Å²) in [4.78, 5) is 16.3. The molecule has 0 atom stereocenters. The fraction of sp³-hybridized carbons (Fsp3) is 0.243. The van der Waals surface area contributed by atoms with E-state index in [2.05, 4.69) is 34.8 Å². The molecule has 1 aromatic heterocycles. The summed E-state index contributed by atoms with van der Waals surface area (Å²) in [7, 11) is 3.27. The van der Waals surface area contributed by atoms with E-state index >= 15 is 0 Å². The summed E-state index contributed by atoms with van der Waals surface area (Å²) in [6.45, 7) is 9.88. The van der Waals surface area contributed by atoms with E-state index in [-0.39, 0.29) is 12.4 Å². The van der Waals surface area contributed by atoms with Gasteiger partial charge in [-0.25, -0.2) is 4.98 Å². The number of benzene rings is 4. The molecule has 0 amide bonds. The van der Waals surface area contributed by atoms with Crippen molar-refractivity contribution >= 4 is 38.2 Å². The maximum atomic E-state index is 11.9. The molecule has 0 saturated carbocycles. The zero-order valence-electron chi connectivity index (χ0n) is 27.7. The lowest BCUT2D eigenvalue weighted by Crippen LogP contribution is -2.05. The van der Waals surface area contributed by atoms with E-state index < -0.39 is 0 Å². The molecule has 0 spiro atoms. The van der Waals surface area contributed by atoms with Gasteiger partial charge in [0, 0.05) is 23.1 Å². The van der Waals surface area contributed by atoms with Crippen molar-refractivity contribution in [2.24, 2.45) is 0 Å². The van der Waals surface area contributed by atoms with Crippen molar-refractivity contribution in [3.8, 4) is 45.8 Å². The van der Waals surface area contributed by atoms with Crippen molar-refractivity contribution in [2.45, 2.75) is 34.6 Å². The normalized spacial score (nSPS) is 10.1. The number of halogens is 1. The highest BCUT2D eigenvalue weighted by atomic mass is 79.9. The molecule has 0 fully saturated rings. The number of nitrogen functional groups attached to an aromatic ring is 1. The van der Waals surface area contributed by atoms with E-state index in [1.807, 2.05) is 92.0 Å². The van der Waals surface area contributed by atoms with Gasteiger partial charge in [-0.15, -0.1) is 11.3 Å². The molecule has 3 N–H and O–H groups in total. The molecule has 0 aliphatic carbocycles. The molecule has 5 aromatic rings. The number of aromatic nitrogens is 1. The van der Waals surface area contributed by atoms with Crippen molar-refractivity contribution in [1.82, 2.24) is 4.98 Å². The standard InChI is InChI=1S/C18H18N2O2S.C17H17BrO3.C2H6O/c1-11-8-15(22-14-6-4-13(21-3)5-7-14)9-12(2)17(11)16-10-23-18(19)20-16;1-11-8-15(9-12(2)17(11)16(19)10-18)21-14-6-4-13(20-3)5-7-14;1-2-3/h4-10H,1-3H3,(H2,19,20);4-9H,10H2,1-3H3;3H,2H2,1H3. The second-order valence-corrected chi connectivity index (χ2v) is 11.8. The quantitative estimate of drug-likeness (QED) is 0.114. The zero-order chi connectivity index (χ0) is 34.5. The summed E-state index contributed by atoms with van der Waals surface area (Å²) < 4.78 is 22.0. The van der Waals surface area contributed by atoms with Crippen LogP contribution in [-0.2, 0) is 0 Å². The number of anilines is 1. The van der Waals surface area contributed by atoms with E-state index in [4.69, 9.17) is 29.8 Å². The Kier molecular flexibility index (Phi) is 14.3. The first-order valence-corrected chi connectivity index (χ1v) is 16.8. The van der Waals surface area contributed by atoms with Gasteiger partial charge in [-0.05, 0) is 130 Å². The summed E-state index contributed by atoms with van der Waals surface area (Å²) >= 11 is 4.66. The average molecular weight is 722 g/mol. The van der Waals surface area contributed by atoms with Crippen molar-refractivity contribution < 1.29 is 28.8 Å². The molecule has 4 aromatic carbocycles. The second kappa shape index (κ2) is 18.1. The Morgan fingerprint density at radius 3 is 1.47 bits per heavy atom. The van der Waals surface area contributed by atoms with Crippen LogP contribution in [-0.4, -0.2) is 42.0 Å². The van der Waals surface area contributed by atoms with Crippen LogP contribution in [0.4, 0.5) is 5.13 Å². The highest BCUT2D eigenvalue weighted by molar-refractivity contribution is 9.09. The molecular formula is C37H41BrN2O6S. The van der Waals surface area contributed by atoms with Gasteiger partial charge >= 0.3 is 0 Å². The van der Waals surface area contributed by atoms with Gasteiger partial charge < -0.3 is 29.8 Å². The lowest BCUT2D eigenvalue weighted by atomic mass is 9.99. The van der Waals surface area contributed by atoms with E-state index in [0.29, 0.717) is 10.5 Å². The summed E-state index contributed by atoms with van der Waals surface area (Å²) in [6.07, 6.45) is 0. The number of alkyl halides is 1. The largest absolute Gasteiger partial charge is 0.497 e. The molecule has 8 nitrogen and oxygen atoms in total. The van der Waals surface area contributed by atoms with Gasteiger partial charge in [-0.1, -0.05) is 15.9 Å². The zero-order valence-corrected chi connectivity index (χ0v) is 30.1. The Morgan fingerprint density at radius 2 is 1.13 bits per heavy atom. The van der Waals surface area contributed by atoms with Gasteiger partial charge in [0.2, 0.25) is 0 Å². The van der Waals surface area contributed by atoms with E-state index in [1.54, 1.807) is 21.1 Å². The minimum absolute atomic E-state index is 0.0843. The number of carbonyl (C=O) groups excluding carboxylic acids is 1. The third-order valence-electron chi connectivity index (χ3n) is 6.78. The maximum absolute atomic E-state index is 11.9. The van der Waals surface area contributed by atoms with Crippen LogP contribution in [0, 0.1) is 27.7 Å². The van der Waals surface area contributed by atoms with Gasteiger partial charge in [-0.2, -0.15) is 0 Å². The lowest BCUT2D eigenvalue weighted by molar-refractivity contribution is 0.102. The molecule has 5 rings (SSSR count). The minimum Gasteiger partial charge on any atom is -0.497 e. The Hall–Kier alpha value is -4.38. The van der Waals surface area contributed by atoms with Gasteiger partial charge in [-0.3, -0.25) is 4.79 Å². The smallest absolute Gasteiger partial charge is 0.180 e. The van der Waals surface area contributed by atoms with Crippen LogP contribution in [0.15, 0.2) is 78.2 Å². The molecule has 0 radical (unpaired) electrons. The van der Waals surface area contributed by atoms with Gasteiger partial charge in [0.05, 0.1) is 25.2 Å². The Morgan fingerprint density at radius 1 is 0.745 bits per heavy atom. The molecule has 1 heterocycles. The lowest BCUT2D eigenvalue weighted by Gasteiger charge is -2.12. The fourth-order valence-electron chi connectivity index (χ4n) is 4.84.